The number of sulfonamides is 1. The fraction of sp³-hybridized carbons (Fsp3) is 0.379. The molecule has 10 heteroatoms. The second kappa shape index (κ2) is 11.0. The van der Waals surface area contributed by atoms with Gasteiger partial charge in [-0.05, 0) is 42.2 Å². The third-order valence-corrected chi connectivity index (χ3v) is 8.49. The minimum Gasteiger partial charge on any atom is -0.491 e. The lowest BCUT2D eigenvalue weighted by Gasteiger charge is -2.39. The molecule has 2 N–H and O–H groups in total. The van der Waals surface area contributed by atoms with E-state index in [4.69, 9.17) is 4.74 Å². The molecule has 2 unspecified atom stereocenters. The van der Waals surface area contributed by atoms with Gasteiger partial charge in [0.1, 0.15) is 6.33 Å². The summed E-state index contributed by atoms with van der Waals surface area (Å²) in [6.45, 7) is 7.58. The lowest BCUT2D eigenvalue weighted by molar-refractivity contribution is 0.181. The Morgan fingerprint density at radius 3 is 2.51 bits per heavy atom. The monoisotopic (exact) mass is 548 g/mol. The third-order valence-electron chi connectivity index (χ3n) is 7.71. The standard InChI is InChI=1S/C29H36N6O3S/c1-5-26(34-13-15-35(16-14-34)28-27(38-3)19-30-20-32-28)24-18-31-25-12-11-22(17-23(24)25)29(2,33-39(4,36)37)21-9-7-6-8-10-21/h6-12,17-20,26,31,33H,5,13-16H2,1-4H3. The van der Waals surface area contributed by atoms with E-state index in [1.807, 2.05) is 49.4 Å². The quantitative estimate of drug-likeness (QED) is 0.325. The van der Waals surface area contributed by atoms with Gasteiger partial charge in [0.05, 0.1) is 25.1 Å². The predicted molar refractivity (Wildman–Crippen MR) is 155 cm³/mol. The maximum absolute atomic E-state index is 12.5. The fourth-order valence-corrected chi connectivity index (χ4v) is 6.75. The van der Waals surface area contributed by atoms with Crippen molar-refractivity contribution in [2.45, 2.75) is 31.8 Å². The molecule has 1 fully saturated rings. The molecule has 1 saturated heterocycles. The third kappa shape index (κ3) is 5.50. The number of rotatable bonds is 9. The van der Waals surface area contributed by atoms with E-state index in [1.165, 1.54) is 11.8 Å². The van der Waals surface area contributed by atoms with E-state index in [0.29, 0.717) is 5.75 Å². The van der Waals surface area contributed by atoms with Gasteiger partial charge in [-0.2, -0.15) is 0 Å². The molecule has 0 saturated carbocycles. The van der Waals surface area contributed by atoms with E-state index >= 15 is 0 Å². The second-order valence-electron chi connectivity index (χ2n) is 10.2. The fourth-order valence-electron chi connectivity index (χ4n) is 5.77. The molecular weight excluding hydrogens is 512 g/mol. The molecule has 3 heterocycles. The molecule has 2 aromatic carbocycles. The number of methoxy groups -OCH3 is 1. The smallest absolute Gasteiger partial charge is 0.209 e. The number of hydrogen-bond acceptors (Lipinski definition) is 7. The van der Waals surface area contributed by atoms with Crippen molar-refractivity contribution in [3.63, 3.8) is 0 Å². The summed E-state index contributed by atoms with van der Waals surface area (Å²) in [4.78, 5) is 16.8. The summed E-state index contributed by atoms with van der Waals surface area (Å²) in [5.74, 6) is 1.52. The number of hydrogen-bond donors (Lipinski definition) is 2. The number of piperazine rings is 1. The number of anilines is 1. The molecule has 1 aliphatic heterocycles. The van der Waals surface area contributed by atoms with Gasteiger partial charge in [-0.25, -0.2) is 23.1 Å². The van der Waals surface area contributed by atoms with Crippen LogP contribution in [0.4, 0.5) is 5.82 Å². The molecule has 4 aromatic rings. The summed E-state index contributed by atoms with van der Waals surface area (Å²) < 4.78 is 33.3. The Morgan fingerprint density at radius 2 is 1.85 bits per heavy atom. The average molecular weight is 549 g/mol. The van der Waals surface area contributed by atoms with Crippen LogP contribution in [-0.4, -0.2) is 67.8 Å². The van der Waals surface area contributed by atoms with Crippen molar-refractivity contribution >= 4 is 26.7 Å². The molecule has 0 bridgehead atoms. The van der Waals surface area contributed by atoms with Crippen LogP contribution in [0.1, 0.15) is 43.0 Å². The number of nitrogens with one attached hydrogen (secondary N) is 2. The van der Waals surface area contributed by atoms with Gasteiger partial charge in [0.2, 0.25) is 10.0 Å². The Kier molecular flexibility index (Phi) is 7.61. The minimum atomic E-state index is -3.49. The van der Waals surface area contributed by atoms with E-state index in [0.717, 1.165) is 60.4 Å². The number of aromatic amines is 1. The predicted octanol–water partition coefficient (Wildman–Crippen LogP) is 4.05. The molecule has 0 aliphatic carbocycles. The molecule has 5 rings (SSSR count). The highest BCUT2D eigenvalue weighted by Gasteiger charge is 2.33. The van der Waals surface area contributed by atoms with Gasteiger partial charge in [-0.15, -0.1) is 0 Å². The molecule has 9 nitrogen and oxygen atoms in total. The van der Waals surface area contributed by atoms with Gasteiger partial charge < -0.3 is 14.6 Å². The summed E-state index contributed by atoms with van der Waals surface area (Å²) in [6, 6.07) is 16.1. The minimum absolute atomic E-state index is 0.217. The maximum Gasteiger partial charge on any atom is 0.209 e. The van der Waals surface area contributed by atoms with Gasteiger partial charge in [-0.1, -0.05) is 43.3 Å². The first-order chi connectivity index (χ1) is 18.7. The Morgan fingerprint density at radius 1 is 1.10 bits per heavy atom. The summed E-state index contributed by atoms with van der Waals surface area (Å²) in [6.07, 6.45) is 7.52. The Balaban J connectivity index is 1.46. The zero-order chi connectivity index (χ0) is 27.6. The number of ether oxygens (including phenoxy) is 1. The van der Waals surface area contributed by atoms with Crippen LogP contribution in [-0.2, 0) is 15.6 Å². The first-order valence-corrected chi connectivity index (χ1v) is 15.1. The SMILES string of the molecule is CCC(c1c[nH]c2ccc(C(C)(NS(C)(=O)=O)c3ccccc3)cc12)N1CCN(c2ncncc2OC)CC1. The van der Waals surface area contributed by atoms with Gasteiger partial charge in [0.15, 0.2) is 11.6 Å². The molecule has 39 heavy (non-hydrogen) atoms. The summed E-state index contributed by atoms with van der Waals surface area (Å²) in [7, 11) is -1.84. The van der Waals surface area contributed by atoms with Crippen molar-refractivity contribution in [2.24, 2.45) is 0 Å². The van der Waals surface area contributed by atoms with Crippen molar-refractivity contribution in [1.29, 1.82) is 0 Å². The highest BCUT2D eigenvalue weighted by atomic mass is 32.2. The van der Waals surface area contributed by atoms with Crippen LogP contribution in [0.15, 0.2) is 67.3 Å². The van der Waals surface area contributed by atoms with Crippen LogP contribution in [0.5, 0.6) is 5.75 Å². The van der Waals surface area contributed by atoms with Crippen LogP contribution in [0.25, 0.3) is 10.9 Å². The van der Waals surface area contributed by atoms with Crippen LogP contribution in [0, 0.1) is 0 Å². The van der Waals surface area contributed by atoms with E-state index in [2.05, 4.69) is 48.7 Å². The summed E-state index contributed by atoms with van der Waals surface area (Å²) in [5.41, 5.74) is 3.11. The van der Waals surface area contributed by atoms with Gasteiger partial charge in [0, 0.05) is 49.3 Å². The van der Waals surface area contributed by atoms with E-state index in [9.17, 15) is 8.42 Å². The van der Waals surface area contributed by atoms with E-state index < -0.39 is 15.6 Å². The lowest BCUT2D eigenvalue weighted by atomic mass is 9.84. The topological polar surface area (TPSA) is 103 Å². The Labute approximate surface area is 230 Å². The number of aromatic nitrogens is 3. The lowest BCUT2D eigenvalue weighted by Crippen LogP contribution is -2.48. The van der Waals surface area contributed by atoms with E-state index in [-0.39, 0.29) is 6.04 Å². The van der Waals surface area contributed by atoms with Gasteiger partial charge in [-0.3, -0.25) is 4.90 Å². The van der Waals surface area contributed by atoms with Crippen LogP contribution < -0.4 is 14.4 Å². The highest BCUT2D eigenvalue weighted by molar-refractivity contribution is 7.88. The number of nitrogens with zero attached hydrogens (tertiary/aromatic N) is 4. The highest BCUT2D eigenvalue weighted by Crippen LogP contribution is 2.37. The van der Waals surface area contributed by atoms with Crippen LogP contribution >= 0.6 is 0 Å². The maximum atomic E-state index is 12.5. The Hall–Kier alpha value is -3.47. The van der Waals surface area contributed by atoms with Crippen LogP contribution in [0.2, 0.25) is 0 Å². The average Bonchev–Trinajstić information content (AvgIpc) is 3.36. The molecule has 0 spiro atoms. The summed E-state index contributed by atoms with van der Waals surface area (Å²) >= 11 is 0. The number of benzene rings is 2. The largest absolute Gasteiger partial charge is 0.491 e. The normalized spacial score (nSPS) is 17.2. The first kappa shape index (κ1) is 27.1. The van der Waals surface area contributed by atoms with Crippen molar-refractivity contribution in [1.82, 2.24) is 24.6 Å². The van der Waals surface area contributed by atoms with Crippen LogP contribution in [0.3, 0.4) is 0 Å². The van der Waals surface area contributed by atoms with Gasteiger partial charge in [0.25, 0.3) is 0 Å². The molecule has 206 valence electrons. The zero-order valence-corrected chi connectivity index (χ0v) is 23.7. The van der Waals surface area contributed by atoms with Crippen molar-refractivity contribution in [3.05, 3.63) is 83.9 Å². The van der Waals surface area contributed by atoms with Crippen molar-refractivity contribution in [2.75, 3.05) is 44.4 Å². The van der Waals surface area contributed by atoms with E-state index in [1.54, 1.807) is 19.6 Å². The molecule has 2 atom stereocenters. The number of fused-ring (bicyclic) bond motifs is 1. The molecule has 2 aromatic heterocycles. The first-order valence-electron chi connectivity index (χ1n) is 13.2. The zero-order valence-electron chi connectivity index (χ0n) is 22.9. The van der Waals surface area contributed by atoms with Crippen molar-refractivity contribution in [3.8, 4) is 5.75 Å². The molecule has 0 radical (unpaired) electrons. The molecule has 0 amide bonds. The Bertz CT molecular complexity index is 1530. The van der Waals surface area contributed by atoms with Crippen molar-refractivity contribution < 1.29 is 13.2 Å². The van der Waals surface area contributed by atoms with Gasteiger partial charge >= 0.3 is 0 Å². The second-order valence-corrected chi connectivity index (χ2v) is 12.0. The number of H-pyrrole nitrogens is 1. The molecule has 1 aliphatic rings. The molecular formula is C29H36N6O3S. The summed E-state index contributed by atoms with van der Waals surface area (Å²) in [5, 5.41) is 1.11.